The summed E-state index contributed by atoms with van der Waals surface area (Å²) in [6.45, 7) is 7.30. The average molecular weight is 244 g/mol. The number of hydrogen-bond acceptors (Lipinski definition) is 3. The van der Waals surface area contributed by atoms with Crippen molar-refractivity contribution < 1.29 is 28.7 Å². The third-order valence-electron chi connectivity index (χ3n) is 1.22. The minimum Gasteiger partial charge on any atom is -0.379 e. The Kier molecular flexibility index (Phi) is 14.1. The molecule has 0 fully saturated rings. The predicted molar refractivity (Wildman–Crippen MR) is 56.5 cm³/mol. The summed E-state index contributed by atoms with van der Waals surface area (Å²) >= 11 is 0. The maximum Gasteiger partial charge on any atom is 0.466 e. The highest BCUT2D eigenvalue weighted by atomic mass is 31.2. The van der Waals surface area contributed by atoms with Gasteiger partial charge in [-0.15, -0.1) is 0 Å². The van der Waals surface area contributed by atoms with E-state index < -0.39 is 7.82 Å². The molecule has 0 aliphatic carbocycles. The van der Waals surface area contributed by atoms with Crippen molar-refractivity contribution in [1.82, 2.24) is 0 Å². The molecule has 3 N–H and O–H groups in total. The molecule has 6 nitrogen and oxygen atoms in total. The Balaban J connectivity index is 0. The molecule has 0 rings (SSSR count). The molecule has 0 saturated heterocycles. The first-order valence-corrected chi connectivity index (χ1v) is 6.42. The second-order valence-electron chi connectivity index (χ2n) is 2.68. The summed E-state index contributed by atoms with van der Waals surface area (Å²) in [7, 11) is -4.64. The molecule has 94 valence electrons. The van der Waals surface area contributed by atoms with Crippen LogP contribution in [0.25, 0.3) is 0 Å². The molecule has 0 unspecified atom stereocenters. The van der Waals surface area contributed by atoms with E-state index in [1.165, 1.54) is 6.42 Å². The highest BCUT2D eigenvalue weighted by Gasteiger charge is 2.00. The monoisotopic (exact) mass is 244 g/mol. The van der Waals surface area contributed by atoms with Crippen LogP contribution in [0.15, 0.2) is 0 Å². The molecule has 0 aromatic rings. The van der Waals surface area contributed by atoms with Crippen molar-refractivity contribution >= 4 is 7.82 Å². The second kappa shape index (κ2) is 12.1. The minimum atomic E-state index is -4.64. The molecular weight excluding hydrogens is 223 g/mol. The van der Waals surface area contributed by atoms with Gasteiger partial charge in [-0.1, -0.05) is 13.3 Å². The van der Waals surface area contributed by atoms with Gasteiger partial charge in [-0.05, 0) is 13.3 Å². The minimum absolute atomic E-state index is 0.736. The quantitative estimate of drug-likeness (QED) is 0.455. The fourth-order valence-electron chi connectivity index (χ4n) is 0.611. The van der Waals surface area contributed by atoms with Gasteiger partial charge < -0.3 is 24.2 Å². The van der Waals surface area contributed by atoms with Gasteiger partial charge in [0.2, 0.25) is 0 Å². The Morgan fingerprint density at radius 2 is 1.47 bits per heavy atom. The fraction of sp³-hybridized carbons (Fsp3) is 1.00. The van der Waals surface area contributed by atoms with E-state index in [-0.39, 0.29) is 0 Å². The van der Waals surface area contributed by atoms with Crippen LogP contribution in [-0.2, 0) is 14.0 Å². The van der Waals surface area contributed by atoms with Crippen molar-refractivity contribution in [3.8, 4) is 0 Å². The Hall–Kier alpha value is 0.0300. The maximum absolute atomic E-state index is 8.88. The summed E-state index contributed by atoms with van der Waals surface area (Å²) in [5.74, 6) is 0. The van der Waals surface area contributed by atoms with Gasteiger partial charge in [0.1, 0.15) is 0 Å². The number of rotatable bonds is 7. The van der Waals surface area contributed by atoms with Crippen molar-refractivity contribution in [2.75, 3.05) is 26.4 Å². The van der Waals surface area contributed by atoms with E-state index in [0.29, 0.717) is 0 Å². The van der Waals surface area contributed by atoms with Crippen molar-refractivity contribution in [3.63, 3.8) is 0 Å². The average Bonchev–Trinajstić information content (AvgIpc) is 2.08. The first-order valence-electron chi connectivity index (χ1n) is 4.85. The van der Waals surface area contributed by atoms with Crippen molar-refractivity contribution in [2.24, 2.45) is 0 Å². The van der Waals surface area contributed by atoms with E-state index in [4.69, 9.17) is 28.7 Å². The topological polar surface area (TPSA) is 96.2 Å². The van der Waals surface area contributed by atoms with Gasteiger partial charge in [0, 0.05) is 13.2 Å². The van der Waals surface area contributed by atoms with Crippen LogP contribution in [0.3, 0.4) is 0 Å². The van der Waals surface area contributed by atoms with Gasteiger partial charge in [-0.25, -0.2) is 4.57 Å². The van der Waals surface area contributed by atoms with E-state index in [1.807, 2.05) is 6.92 Å². The van der Waals surface area contributed by atoms with Gasteiger partial charge in [-0.3, -0.25) is 0 Å². The molecule has 0 aliphatic rings. The number of ether oxygens (including phenoxy) is 2. The van der Waals surface area contributed by atoms with E-state index >= 15 is 0 Å². The zero-order chi connectivity index (χ0) is 12.2. The van der Waals surface area contributed by atoms with E-state index in [0.717, 1.165) is 32.8 Å². The molecule has 0 aromatic carbocycles. The lowest BCUT2D eigenvalue weighted by Gasteiger charge is -2.02. The SMILES string of the molecule is CCCCOCCOCC.O=P(O)(O)O. The molecule has 0 bridgehead atoms. The summed E-state index contributed by atoms with van der Waals surface area (Å²) in [5, 5.41) is 0. The van der Waals surface area contributed by atoms with Crippen LogP contribution in [0, 0.1) is 0 Å². The summed E-state index contributed by atoms with van der Waals surface area (Å²) in [5.41, 5.74) is 0. The van der Waals surface area contributed by atoms with Gasteiger partial charge in [0.25, 0.3) is 0 Å². The smallest absolute Gasteiger partial charge is 0.379 e. The fourth-order valence-corrected chi connectivity index (χ4v) is 0.611. The highest BCUT2D eigenvalue weighted by molar-refractivity contribution is 7.45. The standard InChI is InChI=1S/C8H18O2.H3O4P/c1-3-5-6-10-8-7-9-4-2;1-5(2,3)4/h3-8H2,1-2H3;(H3,1,2,3,4). The van der Waals surface area contributed by atoms with Gasteiger partial charge >= 0.3 is 7.82 Å². The molecular formula is C8H21O6P. The van der Waals surface area contributed by atoms with E-state index in [9.17, 15) is 0 Å². The van der Waals surface area contributed by atoms with Crippen LogP contribution in [0.2, 0.25) is 0 Å². The first-order chi connectivity index (χ1) is 6.91. The third-order valence-corrected chi connectivity index (χ3v) is 1.22. The number of phosphoric acid groups is 1. The molecule has 0 radical (unpaired) electrons. The molecule has 15 heavy (non-hydrogen) atoms. The molecule has 7 heteroatoms. The van der Waals surface area contributed by atoms with Crippen LogP contribution in [0.4, 0.5) is 0 Å². The number of hydrogen-bond donors (Lipinski definition) is 3. The zero-order valence-corrected chi connectivity index (χ0v) is 10.2. The Bertz CT molecular complexity index is 141. The van der Waals surface area contributed by atoms with Crippen LogP contribution in [0.1, 0.15) is 26.7 Å². The summed E-state index contributed by atoms with van der Waals surface area (Å²) in [6.07, 6.45) is 2.36. The highest BCUT2D eigenvalue weighted by Crippen LogP contribution is 2.25. The van der Waals surface area contributed by atoms with Crippen LogP contribution >= 0.6 is 7.82 Å². The van der Waals surface area contributed by atoms with Gasteiger partial charge in [0.05, 0.1) is 13.2 Å². The Labute approximate surface area is 90.5 Å². The molecule has 0 aliphatic heterocycles. The molecule has 0 spiro atoms. The maximum atomic E-state index is 8.88. The van der Waals surface area contributed by atoms with Crippen molar-refractivity contribution in [1.29, 1.82) is 0 Å². The largest absolute Gasteiger partial charge is 0.466 e. The first kappa shape index (κ1) is 17.4. The van der Waals surface area contributed by atoms with E-state index in [1.54, 1.807) is 0 Å². The number of unbranched alkanes of at least 4 members (excludes halogenated alkanes) is 1. The Morgan fingerprint density at radius 3 is 1.87 bits per heavy atom. The zero-order valence-electron chi connectivity index (χ0n) is 9.26. The Morgan fingerprint density at radius 1 is 1.00 bits per heavy atom. The normalized spacial score (nSPS) is 10.7. The molecule has 0 heterocycles. The molecule has 0 atom stereocenters. The van der Waals surface area contributed by atoms with Crippen LogP contribution in [0.5, 0.6) is 0 Å². The summed E-state index contributed by atoms with van der Waals surface area (Å²) in [6, 6.07) is 0. The van der Waals surface area contributed by atoms with Crippen molar-refractivity contribution in [3.05, 3.63) is 0 Å². The van der Waals surface area contributed by atoms with Gasteiger partial charge in [-0.2, -0.15) is 0 Å². The summed E-state index contributed by atoms with van der Waals surface area (Å²) < 4.78 is 19.2. The lowest BCUT2D eigenvalue weighted by Crippen LogP contribution is -2.04. The lowest BCUT2D eigenvalue weighted by molar-refractivity contribution is 0.0517. The van der Waals surface area contributed by atoms with Crippen LogP contribution < -0.4 is 0 Å². The van der Waals surface area contributed by atoms with Crippen LogP contribution in [-0.4, -0.2) is 41.1 Å². The predicted octanol–water partition coefficient (Wildman–Crippen LogP) is 0.911. The van der Waals surface area contributed by atoms with Crippen molar-refractivity contribution in [2.45, 2.75) is 26.7 Å². The second-order valence-corrected chi connectivity index (χ2v) is 3.70. The van der Waals surface area contributed by atoms with E-state index in [2.05, 4.69) is 6.92 Å². The lowest BCUT2D eigenvalue weighted by atomic mass is 10.4. The molecule has 0 aromatic heterocycles. The molecule has 0 amide bonds. The summed E-state index contributed by atoms with van der Waals surface area (Å²) in [4.78, 5) is 21.6. The van der Waals surface area contributed by atoms with Gasteiger partial charge in [0.15, 0.2) is 0 Å². The molecule has 0 saturated carbocycles. The third kappa shape index (κ3) is 41.1.